The molecule has 0 unspecified atom stereocenters. The van der Waals surface area contributed by atoms with Crippen molar-refractivity contribution in [3.8, 4) is 0 Å². The lowest BCUT2D eigenvalue weighted by atomic mass is 9.83. The van der Waals surface area contributed by atoms with E-state index in [4.69, 9.17) is 4.74 Å². The summed E-state index contributed by atoms with van der Waals surface area (Å²) in [6.45, 7) is 10.2. The number of alkyl carbamates (subject to hydrolysis) is 1. The molecule has 2 heterocycles. The van der Waals surface area contributed by atoms with E-state index in [-0.39, 0.29) is 29.9 Å². The molecule has 0 spiro atoms. The van der Waals surface area contributed by atoms with Gasteiger partial charge >= 0.3 is 6.09 Å². The number of aromatic nitrogens is 1. The van der Waals surface area contributed by atoms with E-state index in [9.17, 15) is 32.4 Å². The molecule has 54 heavy (non-hydrogen) atoms. The SMILES string of the molecule is C=C[C@@H]1C(=C)[C@]1(NC(=O)[C@@H]1CCCN1C(=O)[C@@H](NC(=O)OC[C@@H](CC)CCCc1ccc2cc[nH]c(=O)c2c1)C1CCCCC1)C(=O)NS(=O)(=O)C1CC1. The molecule has 1 saturated heterocycles. The number of carbonyl (C=O) groups is 4. The number of likely N-dealkylation sites (tertiary alicyclic amines) is 1. The van der Waals surface area contributed by atoms with Crippen LogP contribution in [-0.2, 0) is 35.6 Å². The van der Waals surface area contributed by atoms with Crippen LogP contribution >= 0.6 is 0 Å². The molecule has 1 aliphatic heterocycles. The van der Waals surface area contributed by atoms with Crippen LogP contribution in [0.5, 0.6) is 0 Å². The quantitative estimate of drug-likeness (QED) is 0.182. The molecule has 14 heteroatoms. The van der Waals surface area contributed by atoms with Crippen molar-refractivity contribution in [2.75, 3.05) is 13.2 Å². The van der Waals surface area contributed by atoms with Gasteiger partial charge in [-0.1, -0.05) is 57.4 Å². The predicted molar refractivity (Wildman–Crippen MR) is 205 cm³/mol. The van der Waals surface area contributed by atoms with E-state index in [2.05, 4.69) is 33.5 Å². The number of ether oxygens (including phenoxy) is 1. The second-order valence-corrected chi connectivity index (χ2v) is 17.4. The Kier molecular flexibility index (Phi) is 12.0. The first-order valence-corrected chi connectivity index (χ1v) is 21.0. The van der Waals surface area contributed by atoms with Crippen LogP contribution in [0.15, 0.2) is 60.1 Å². The molecule has 292 valence electrons. The topological polar surface area (TPSA) is 184 Å². The number of fused-ring (bicyclic) bond motifs is 1. The molecule has 4 amide bonds. The minimum atomic E-state index is -3.89. The number of amides is 4. The Labute approximate surface area is 316 Å². The minimum Gasteiger partial charge on any atom is -0.449 e. The standard InChI is InChI=1S/C40H53N5O8S/c1-4-26(11-9-12-27-16-17-28-20-21-41-35(46)31(28)23-27)24-53-39(50)42-34(29-13-7-6-8-14-29)37(48)45-22-10-15-33(45)36(47)43-40(25(3)32(40)5-2)38(49)44-54(51,52)30-18-19-30/h5,16-17,20-21,23,26,29-30,32-34H,2-4,6-15,18-19,22,24H2,1H3,(H,41,46)(H,42,50)(H,43,47)(H,44,49)/t26-,32+,33-,34-,40+/m0/s1. The molecule has 3 saturated carbocycles. The van der Waals surface area contributed by atoms with Gasteiger partial charge in [-0.05, 0) is 98.3 Å². The van der Waals surface area contributed by atoms with Gasteiger partial charge < -0.3 is 25.3 Å². The van der Waals surface area contributed by atoms with Gasteiger partial charge in [0.25, 0.3) is 11.5 Å². The summed E-state index contributed by atoms with van der Waals surface area (Å²) in [5, 5.41) is 6.55. The van der Waals surface area contributed by atoms with E-state index in [0.717, 1.165) is 68.7 Å². The summed E-state index contributed by atoms with van der Waals surface area (Å²) in [6.07, 6.45) is 11.9. The zero-order chi connectivity index (χ0) is 38.6. The number of aryl methyl sites for hydroxylation is 1. The number of carbonyl (C=O) groups excluding carboxylic acids is 4. The number of nitrogens with zero attached hydrogens (tertiary/aromatic N) is 1. The molecule has 2 aromatic rings. The molecule has 3 aliphatic carbocycles. The largest absolute Gasteiger partial charge is 0.449 e. The normalized spacial score (nSPS) is 24.0. The van der Waals surface area contributed by atoms with Gasteiger partial charge in [0.2, 0.25) is 21.8 Å². The van der Waals surface area contributed by atoms with E-state index in [1.807, 2.05) is 31.2 Å². The van der Waals surface area contributed by atoms with Crippen molar-refractivity contribution in [1.29, 1.82) is 0 Å². The third-order valence-corrected chi connectivity index (χ3v) is 13.6. The van der Waals surface area contributed by atoms with Gasteiger partial charge in [-0.3, -0.25) is 23.9 Å². The fourth-order valence-electron chi connectivity index (χ4n) is 8.26. The Bertz CT molecular complexity index is 1950. The lowest BCUT2D eigenvalue weighted by Gasteiger charge is -2.34. The highest BCUT2D eigenvalue weighted by molar-refractivity contribution is 7.91. The van der Waals surface area contributed by atoms with E-state index < -0.39 is 56.7 Å². The van der Waals surface area contributed by atoms with E-state index in [0.29, 0.717) is 43.2 Å². The molecule has 0 radical (unpaired) electrons. The van der Waals surface area contributed by atoms with Crippen LogP contribution in [0.3, 0.4) is 0 Å². The lowest BCUT2D eigenvalue weighted by molar-refractivity contribution is -0.142. The minimum absolute atomic E-state index is 0.107. The van der Waals surface area contributed by atoms with Crippen molar-refractivity contribution in [2.45, 2.75) is 113 Å². The van der Waals surface area contributed by atoms with Crippen molar-refractivity contribution < 1.29 is 32.3 Å². The number of benzene rings is 1. The van der Waals surface area contributed by atoms with Crippen LogP contribution in [0.25, 0.3) is 10.8 Å². The molecule has 4 fully saturated rings. The second-order valence-electron chi connectivity index (χ2n) is 15.4. The molecule has 6 rings (SSSR count). The van der Waals surface area contributed by atoms with E-state index in [1.54, 1.807) is 6.20 Å². The van der Waals surface area contributed by atoms with Crippen molar-refractivity contribution in [2.24, 2.45) is 17.8 Å². The first kappa shape index (κ1) is 39.2. The fourth-order valence-corrected chi connectivity index (χ4v) is 9.61. The summed E-state index contributed by atoms with van der Waals surface area (Å²) in [5.74, 6) is -2.52. The van der Waals surface area contributed by atoms with E-state index >= 15 is 0 Å². The Morgan fingerprint density at radius 1 is 1.07 bits per heavy atom. The Balaban J connectivity index is 1.07. The molecule has 5 atom stereocenters. The van der Waals surface area contributed by atoms with Crippen LogP contribution in [0, 0.1) is 17.8 Å². The Morgan fingerprint density at radius 3 is 2.52 bits per heavy atom. The maximum absolute atomic E-state index is 14.3. The number of sulfonamides is 1. The molecule has 0 bridgehead atoms. The van der Waals surface area contributed by atoms with Gasteiger partial charge in [0.1, 0.15) is 12.1 Å². The van der Waals surface area contributed by atoms with Crippen molar-refractivity contribution in [3.05, 3.63) is 71.2 Å². The third kappa shape index (κ3) is 8.43. The monoisotopic (exact) mass is 763 g/mol. The second kappa shape index (κ2) is 16.5. The zero-order valence-electron chi connectivity index (χ0n) is 31.1. The summed E-state index contributed by atoms with van der Waals surface area (Å²) in [5.41, 5.74) is -0.396. The fraction of sp³-hybridized carbons (Fsp3) is 0.575. The highest BCUT2D eigenvalue weighted by atomic mass is 32.2. The van der Waals surface area contributed by atoms with Crippen molar-refractivity contribution >= 4 is 44.6 Å². The molecule has 1 aromatic heterocycles. The average molecular weight is 764 g/mol. The zero-order valence-corrected chi connectivity index (χ0v) is 31.9. The average Bonchev–Trinajstić information content (AvgIpc) is 4.06. The van der Waals surface area contributed by atoms with E-state index in [1.165, 1.54) is 11.0 Å². The van der Waals surface area contributed by atoms with Gasteiger partial charge in [-0.2, -0.15) is 0 Å². The summed E-state index contributed by atoms with van der Waals surface area (Å²) in [4.78, 5) is 71.3. The summed E-state index contributed by atoms with van der Waals surface area (Å²) in [6, 6.07) is 5.97. The van der Waals surface area contributed by atoms with Gasteiger partial charge in [0, 0.05) is 24.0 Å². The van der Waals surface area contributed by atoms with Crippen molar-refractivity contribution in [1.82, 2.24) is 25.2 Å². The highest BCUT2D eigenvalue weighted by Gasteiger charge is 2.65. The number of rotatable bonds is 16. The number of hydrogen-bond donors (Lipinski definition) is 4. The summed E-state index contributed by atoms with van der Waals surface area (Å²) < 4.78 is 33.1. The Morgan fingerprint density at radius 2 is 1.83 bits per heavy atom. The van der Waals surface area contributed by atoms with Crippen LogP contribution in [-0.4, -0.2) is 78.1 Å². The van der Waals surface area contributed by atoms with Crippen molar-refractivity contribution in [3.63, 3.8) is 0 Å². The van der Waals surface area contributed by atoms with Crippen LogP contribution in [0.1, 0.15) is 89.5 Å². The molecular weight excluding hydrogens is 711 g/mol. The van der Waals surface area contributed by atoms with Gasteiger partial charge in [0.15, 0.2) is 5.54 Å². The molecule has 13 nitrogen and oxygen atoms in total. The molecule has 4 N–H and O–H groups in total. The predicted octanol–water partition coefficient (Wildman–Crippen LogP) is 4.38. The highest BCUT2D eigenvalue weighted by Crippen LogP contribution is 2.50. The number of aromatic amines is 1. The first-order valence-electron chi connectivity index (χ1n) is 19.4. The molecular formula is C40H53N5O8S. The number of H-pyrrole nitrogens is 1. The van der Waals surface area contributed by atoms with Gasteiger partial charge in [-0.15, -0.1) is 6.58 Å². The lowest BCUT2D eigenvalue weighted by Crippen LogP contribution is -2.59. The van der Waals surface area contributed by atoms with Crippen LogP contribution < -0.4 is 20.9 Å². The maximum atomic E-state index is 14.3. The first-order chi connectivity index (χ1) is 25.9. The molecule has 1 aromatic carbocycles. The number of nitrogens with one attached hydrogen (secondary N) is 4. The van der Waals surface area contributed by atoms with Crippen LogP contribution in [0.2, 0.25) is 0 Å². The summed E-state index contributed by atoms with van der Waals surface area (Å²) in [7, 11) is -3.89. The van der Waals surface area contributed by atoms with Gasteiger partial charge in [0.05, 0.1) is 11.9 Å². The van der Waals surface area contributed by atoms with Gasteiger partial charge in [-0.25, -0.2) is 13.2 Å². The number of hydrogen-bond acceptors (Lipinski definition) is 8. The third-order valence-electron chi connectivity index (χ3n) is 11.8. The number of pyridine rings is 1. The van der Waals surface area contributed by atoms with Crippen LogP contribution in [0.4, 0.5) is 4.79 Å². The Hall–Kier alpha value is -4.46. The maximum Gasteiger partial charge on any atom is 0.407 e. The smallest absolute Gasteiger partial charge is 0.407 e. The summed E-state index contributed by atoms with van der Waals surface area (Å²) >= 11 is 0. The molecule has 4 aliphatic rings.